The topological polar surface area (TPSA) is 78.4 Å². The second kappa shape index (κ2) is 6.94. The van der Waals surface area contributed by atoms with Crippen LogP contribution in [0.1, 0.15) is 30.0 Å². The van der Waals surface area contributed by atoms with Crippen LogP contribution in [-0.2, 0) is 4.79 Å². The van der Waals surface area contributed by atoms with Crippen LogP contribution in [0.4, 0.5) is 20.3 Å². The summed E-state index contributed by atoms with van der Waals surface area (Å²) in [5.74, 6) is -1.14. The fourth-order valence-corrected chi connectivity index (χ4v) is 3.43. The maximum Gasteiger partial charge on any atom is 0.231 e. The number of anilines is 2. The van der Waals surface area contributed by atoms with Crippen molar-refractivity contribution in [2.75, 3.05) is 16.8 Å². The molecule has 0 radical (unpaired) electrons. The average Bonchev–Trinajstić information content (AvgIpc) is 3.41. The van der Waals surface area contributed by atoms with E-state index in [1.165, 1.54) is 6.20 Å². The van der Waals surface area contributed by atoms with Crippen molar-refractivity contribution in [1.82, 2.24) is 9.97 Å². The predicted molar refractivity (Wildman–Crippen MR) is 102 cm³/mol. The Kier molecular flexibility index (Phi) is 4.58. The van der Waals surface area contributed by atoms with Crippen LogP contribution in [0.15, 0.2) is 24.7 Å². The molecule has 28 heavy (non-hydrogen) atoms. The minimum absolute atomic E-state index is 0.240. The summed E-state index contributed by atoms with van der Waals surface area (Å²) < 4.78 is 27.0. The molecule has 1 aliphatic heterocycles. The molecule has 2 aromatic heterocycles. The Morgan fingerprint density at radius 3 is 2.82 bits per heavy atom. The van der Waals surface area contributed by atoms with Crippen LogP contribution < -0.4 is 10.2 Å². The molecule has 146 valence electrons. The van der Waals surface area contributed by atoms with Gasteiger partial charge in [0.25, 0.3) is 0 Å². The van der Waals surface area contributed by atoms with Crippen molar-refractivity contribution >= 4 is 29.1 Å². The van der Waals surface area contributed by atoms with E-state index in [-0.39, 0.29) is 6.42 Å². The largest absolute Gasteiger partial charge is 0.369 e. The van der Waals surface area contributed by atoms with Gasteiger partial charge in [0, 0.05) is 41.7 Å². The van der Waals surface area contributed by atoms with Crippen molar-refractivity contribution in [3.8, 4) is 0 Å². The molecule has 4 rings (SSSR count). The third-order valence-electron chi connectivity index (χ3n) is 5.21. The third kappa shape index (κ3) is 3.13. The standard InChI is InChI=1S/C20H20F2N4O2/c1-3-26-17-6-18(25-19(27)13-5-15(13)21)24-7-11(17)4-12(20(26)28)14-8-23-9-16(22)10(14)2/h4,6-9,13,15,20,28H,3,5H2,1-2H3,(H,24,25,27)/t13-,15+,20?/m0/s1. The number of likely N-dealkylation sites (N-methyl/N-ethyl adjacent to an activating group) is 1. The SMILES string of the molecule is CCN1c2cc(NC(=O)[C@H]3C[C@H]3F)ncc2C=C(c2cncc(F)c2C)C1O. The lowest BCUT2D eigenvalue weighted by molar-refractivity contribution is -0.117. The van der Waals surface area contributed by atoms with E-state index >= 15 is 0 Å². The molecule has 1 aliphatic carbocycles. The monoisotopic (exact) mass is 386 g/mol. The van der Waals surface area contributed by atoms with Crippen LogP contribution in [0.3, 0.4) is 0 Å². The molecule has 3 heterocycles. The summed E-state index contributed by atoms with van der Waals surface area (Å²) in [4.78, 5) is 21.8. The van der Waals surface area contributed by atoms with Gasteiger partial charge in [0.05, 0.1) is 17.8 Å². The second-order valence-corrected chi connectivity index (χ2v) is 7.03. The summed E-state index contributed by atoms with van der Waals surface area (Å²) in [5, 5.41) is 13.5. The van der Waals surface area contributed by atoms with Crippen molar-refractivity contribution in [2.45, 2.75) is 32.7 Å². The molecule has 1 unspecified atom stereocenters. The minimum atomic E-state index is -1.08. The molecule has 0 saturated heterocycles. The highest BCUT2D eigenvalue weighted by molar-refractivity contribution is 5.96. The average molecular weight is 386 g/mol. The van der Waals surface area contributed by atoms with Crippen LogP contribution >= 0.6 is 0 Å². The minimum Gasteiger partial charge on any atom is -0.369 e. The molecule has 1 saturated carbocycles. The first-order chi connectivity index (χ1) is 13.4. The Balaban J connectivity index is 1.71. The molecule has 0 aromatic carbocycles. The normalized spacial score (nSPS) is 23.1. The molecular formula is C20H20F2N4O2. The number of aliphatic hydroxyl groups is 1. The summed E-state index contributed by atoms with van der Waals surface area (Å²) in [6.07, 6.45) is 4.12. The number of alkyl halides is 1. The van der Waals surface area contributed by atoms with E-state index in [9.17, 15) is 18.7 Å². The van der Waals surface area contributed by atoms with E-state index in [0.29, 0.717) is 34.8 Å². The fraction of sp³-hybridized carbons (Fsp3) is 0.350. The quantitative estimate of drug-likeness (QED) is 0.845. The van der Waals surface area contributed by atoms with E-state index in [4.69, 9.17) is 0 Å². The number of amides is 1. The van der Waals surface area contributed by atoms with Gasteiger partial charge in [0.2, 0.25) is 5.91 Å². The van der Waals surface area contributed by atoms with Crippen molar-refractivity contribution < 1.29 is 18.7 Å². The zero-order valence-electron chi connectivity index (χ0n) is 15.5. The molecule has 2 aromatic rings. The molecule has 2 N–H and O–H groups in total. The van der Waals surface area contributed by atoms with Crippen molar-refractivity contribution in [3.63, 3.8) is 0 Å². The van der Waals surface area contributed by atoms with Gasteiger partial charge < -0.3 is 15.3 Å². The highest BCUT2D eigenvalue weighted by Gasteiger charge is 2.43. The summed E-state index contributed by atoms with van der Waals surface area (Å²) in [6, 6.07) is 1.65. The summed E-state index contributed by atoms with van der Waals surface area (Å²) in [5.41, 5.74) is 2.85. The molecule has 8 heteroatoms. The molecule has 1 amide bonds. The lowest BCUT2D eigenvalue weighted by Crippen LogP contribution is -2.38. The summed E-state index contributed by atoms with van der Waals surface area (Å²) >= 11 is 0. The number of rotatable bonds is 4. The number of fused-ring (bicyclic) bond motifs is 1. The van der Waals surface area contributed by atoms with E-state index in [1.807, 2.05) is 6.92 Å². The first-order valence-electron chi connectivity index (χ1n) is 9.12. The number of carbonyl (C=O) groups is 1. The Hall–Kier alpha value is -2.87. The number of nitrogens with zero attached hydrogens (tertiary/aromatic N) is 3. The second-order valence-electron chi connectivity index (χ2n) is 7.03. The van der Waals surface area contributed by atoms with Crippen LogP contribution in [-0.4, -0.2) is 39.9 Å². The zero-order chi connectivity index (χ0) is 20.0. The number of aliphatic hydroxyl groups excluding tert-OH is 1. The smallest absolute Gasteiger partial charge is 0.231 e. The highest BCUT2D eigenvalue weighted by atomic mass is 19.1. The first-order valence-corrected chi connectivity index (χ1v) is 9.12. The number of nitrogens with one attached hydrogen (secondary N) is 1. The van der Waals surface area contributed by atoms with Crippen LogP contribution in [0.25, 0.3) is 11.6 Å². The van der Waals surface area contributed by atoms with E-state index in [0.717, 1.165) is 11.8 Å². The lowest BCUT2D eigenvalue weighted by atomic mass is 9.94. The maximum atomic E-state index is 13.9. The molecule has 6 nitrogen and oxygen atoms in total. The Labute approximate surface area is 160 Å². The third-order valence-corrected chi connectivity index (χ3v) is 5.21. The number of hydrogen-bond acceptors (Lipinski definition) is 5. The van der Waals surface area contributed by atoms with Crippen molar-refractivity contribution in [2.24, 2.45) is 5.92 Å². The molecular weight excluding hydrogens is 366 g/mol. The van der Waals surface area contributed by atoms with Crippen LogP contribution in [0, 0.1) is 18.7 Å². The molecule has 0 spiro atoms. The Bertz CT molecular complexity index is 979. The Morgan fingerprint density at radius 1 is 1.39 bits per heavy atom. The van der Waals surface area contributed by atoms with Crippen molar-refractivity contribution in [1.29, 1.82) is 0 Å². The van der Waals surface area contributed by atoms with Crippen LogP contribution in [0.5, 0.6) is 0 Å². The van der Waals surface area contributed by atoms with E-state index < -0.39 is 30.0 Å². The van der Waals surface area contributed by atoms with Gasteiger partial charge in [-0.25, -0.2) is 13.8 Å². The van der Waals surface area contributed by atoms with Gasteiger partial charge in [-0.2, -0.15) is 0 Å². The molecule has 0 bridgehead atoms. The van der Waals surface area contributed by atoms with Gasteiger partial charge >= 0.3 is 0 Å². The van der Waals surface area contributed by atoms with E-state index in [1.54, 1.807) is 30.2 Å². The van der Waals surface area contributed by atoms with Gasteiger partial charge in [0.1, 0.15) is 17.8 Å². The number of pyridine rings is 2. The zero-order valence-corrected chi connectivity index (χ0v) is 15.5. The predicted octanol–water partition coefficient (Wildman–Crippen LogP) is 2.92. The highest BCUT2D eigenvalue weighted by Crippen LogP contribution is 2.38. The fourth-order valence-electron chi connectivity index (χ4n) is 3.43. The van der Waals surface area contributed by atoms with Gasteiger partial charge in [0.15, 0.2) is 6.23 Å². The van der Waals surface area contributed by atoms with Gasteiger partial charge in [-0.05, 0) is 31.9 Å². The van der Waals surface area contributed by atoms with Crippen LogP contribution in [0.2, 0.25) is 0 Å². The van der Waals surface area contributed by atoms with Gasteiger partial charge in [-0.15, -0.1) is 0 Å². The Morgan fingerprint density at radius 2 is 2.14 bits per heavy atom. The van der Waals surface area contributed by atoms with Gasteiger partial charge in [-0.1, -0.05) is 0 Å². The lowest BCUT2D eigenvalue weighted by Gasteiger charge is -2.35. The summed E-state index contributed by atoms with van der Waals surface area (Å²) in [6.45, 7) is 3.99. The number of halogens is 2. The molecule has 1 fully saturated rings. The molecule has 2 aliphatic rings. The van der Waals surface area contributed by atoms with E-state index in [2.05, 4.69) is 15.3 Å². The molecule has 3 atom stereocenters. The first kappa shape index (κ1) is 18.5. The number of hydrogen-bond donors (Lipinski definition) is 2. The van der Waals surface area contributed by atoms with Gasteiger partial charge in [-0.3, -0.25) is 9.78 Å². The number of aromatic nitrogens is 2. The number of carbonyl (C=O) groups excluding carboxylic acids is 1. The maximum absolute atomic E-state index is 13.9. The summed E-state index contributed by atoms with van der Waals surface area (Å²) in [7, 11) is 0. The van der Waals surface area contributed by atoms with Crippen molar-refractivity contribution in [3.05, 3.63) is 47.2 Å².